The highest BCUT2D eigenvalue weighted by Crippen LogP contribution is 2.20. The van der Waals surface area contributed by atoms with Gasteiger partial charge in [-0.3, -0.25) is 0 Å². The SMILES string of the molecule is C=CCCCN1CCC(C)(O)C1. The molecule has 0 amide bonds. The molecule has 0 spiro atoms. The Hall–Kier alpha value is -0.340. The normalized spacial score (nSPS) is 30.8. The maximum absolute atomic E-state index is 9.66. The first kappa shape index (κ1) is 9.75. The summed E-state index contributed by atoms with van der Waals surface area (Å²) in [6.45, 7) is 8.59. The van der Waals surface area contributed by atoms with Crippen molar-refractivity contribution >= 4 is 0 Å². The van der Waals surface area contributed by atoms with Crippen molar-refractivity contribution in [1.82, 2.24) is 4.90 Å². The highest BCUT2D eigenvalue weighted by molar-refractivity contribution is 4.85. The van der Waals surface area contributed by atoms with E-state index in [0.717, 1.165) is 32.5 Å². The molecule has 1 heterocycles. The zero-order valence-electron chi connectivity index (χ0n) is 7.92. The second kappa shape index (κ2) is 4.06. The maximum atomic E-state index is 9.66. The predicted molar refractivity (Wildman–Crippen MR) is 51.1 cm³/mol. The molecule has 1 atom stereocenters. The highest BCUT2D eigenvalue weighted by Gasteiger charge is 2.30. The molecule has 1 fully saturated rings. The van der Waals surface area contributed by atoms with Crippen LogP contribution in [0.3, 0.4) is 0 Å². The van der Waals surface area contributed by atoms with Crippen molar-refractivity contribution in [2.24, 2.45) is 0 Å². The Morgan fingerprint density at radius 2 is 2.42 bits per heavy atom. The topological polar surface area (TPSA) is 23.5 Å². The summed E-state index contributed by atoms with van der Waals surface area (Å²) < 4.78 is 0. The zero-order valence-corrected chi connectivity index (χ0v) is 7.92. The van der Waals surface area contributed by atoms with E-state index in [2.05, 4.69) is 11.5 Å². The quantitative estimate of drug-likeness (QED) is 0.508. The average Bonchev–Trinajstić information content (AvgIpc) is 2.31. The Labute approximate surface area is 74.9 Å². The molecule has 0 aromatic carbocycles. The van der Waals surface area contributed by atoms with Gasteiger partial charge in [-0.05, 0) is 32.7 Å². The molecule has 2 nitrogen and oxygen atoms in total. The van der Waals surface area contributed by atoms with E-state index in [1.165, 1.54) is 6.42 Å². The molecule has 0 aromatic rings. The smallest absolute Gasteiger partial charge is 0.0758 e. The predicted octanol–water partition coefficient (Wildman–Crippen LogP) is 1.41. The summed E-state index contributed by atoms with van der Waals surface area (Å²) in [5.41, 5.74) is -0.436. The lowest BCUT2D eigenvalue weighted by Gasteiger charge is -2.18. The van der Waals surface area contributed by atoms with Gasteiger partial charge in [0.25, 0.3) is 0 Å². The van der Waals surface area contributed by atoms with Gasteiger partial charge in [0.1, 0.15) is 0 Å². The molecule has 0 aromatic heterocycles. The molecule has 70 valence electrons. The number of hydrogen-bond donors (Lipinski definition) is 1. The molecule has 0 saturated carbocycles. The number of likely N-dealkylation sites (tertiary alicyclic amines) is 1. The highest BCUT2D eigenvalue weighted by atomic mass is 16.3. The lowest BCUT2D eigenvalue weighted by molar-refractivity contribution is 0.0687. The van der Waals surface area contributed by atoms with Gasteiger partial charge in [-0.1, -0.05) is 6.08 Å². The summed E-state index contributed by atoms with van der Waals surface area (Å²) in [7, 11) is 0. The van der Waals surface area contributed by atoms with E-state index >= 15 is 0 Å². The number of aliphatic hydroxyl groups is 1. The van der Waals surface area contributed by atoms with Crippen LogP contribution >= 0.6 is 0 Å². The van der Waals surface area contributed by atoms with Crippen LogP contribution in [-0.4, -0.2) is 35.2 Å². The molecule has 1 aliphatic heterocycles. The van der Waals surface area contributed by atoms with Crippen molar-refractivity contribution in [2.45, 2.75) is 31.8 Å². The summed E-state index contributed by atoms with van der Waals surface area (Å²) >= 11 is 0. The first-order valence-corrected chi connectivity index (χ1v) is 4.70. The Morgan fingerprint density at radius 3 is 2.92 bits per heavy atom. The number of nitrogens with zero attached hydrogens (tertiary/aromatic N) is 1. The summed E-state index contributed by atoms with van der Waals surface area (Å²) in [4.78, 5) is 2.32. The van der Waals surface area contributed by atoms with Crippen LogP contribution in [0.25, 0.3) is 0 Å². The Morgan fingerprint density at radius 1 is 1.67 bits per heavy atom. The molecule has 1 N–H and O–H groups in total. The Kier molecular flexibility index (Phi) is 3.29. The van der Waals surface area contributed by atoms with Crippen molar-refractivity contribution in [3.8, 4) is 0 Å². The first-order valence-electron chi connectivity index (χ1n) is 4.70. The van der Waals surface area contributed by atoms with Gasteiger partial charge in [0, 0.05) is 13.1 Å². The second-order valence-corrected chi connectivity index (χ2v) is 3.95. The van der Waals surface area contributed by atoms with Gasteiger partial charge >= 0.3 is 0 Å². The molecular formula is C10H19NO. The standard InChI is InChI=1S/C10H19NO/c1-3-4-5-7-11-8-6-10(2,12)9-11/h3,12H,1,4-9H2,2H3. The molecule has 2 heteroatoms. The van der Waals surface area contributed by atoms with Crippen molar-refractivity contribution in [3.63, 3.8) is 0 Å². The van der Waals surface area contributed by atoms with Crippen LogP contribution < -0.4 is 0 Å². The van der Waals surface area contributed by atoms with E-state index in [1.54, 1.807) is 0 Å². The van der Waals surface area contributed by atoms with Crippen LogP contribution in [0.1, 0.15) is 26.2 Å². The Bertz CT molecular complexity index is 154. The summed E-state index contributed by atoms with van der Waals surface area (Å²) in [6, 6.07) is 0. The molecule has 12 heavy (non-hydrogen) atoms. The number of unbranched alkanes of at least 4 members (excludes halogenated alkanes) is 1. The lowest BCUT2D eigenvalue weighted by atomic mass is 10.1. The fourth-order valence-electron chi connectivity index (χ4n) is 1.69. The molecule has 1 saturated heterocycles. The molecule has 1 aliphatic rings. The third-order valence-electron chi connectivity index (χ3n) is 2.41. The number of β-amino-alcohol motifs (C(OH)–C–C–N with tert-alkyl or cyclic N) is 1. The van der Waals surface area contributed by atoms with E-state index < -0.39 is 5.60 Å². The van der Waals surface area contributed by atoms with Crippen LogP contribution in [0.2, 0.25) is 0 Å². The molecular weight excluding hydrogens is 150 g/mol. The molecule has 0 radical (unpaired) electrons. The molecule has 1 rings (SSSR count). The molecule has 0 bridgehead atoms. The van der Waals surface area contributed by atoms with E-state index in [1.807, 2.05) is 13.0 Å². The molecule has 0 aliphatic carbocycles. The third kappa shape index (κ3) is 2.95. The third-order valence-corrected chi connectivity index (χ3v) is 2.41. The minimum absolute atomic E-state index is 0.436. The summed E-state index contributed by atoms with van der Waals surface area (Å²) in [6.07, 6.45) is 5.12. The van der Waals surface area contributed by atoms with Crippen LogP contribution in [0.15, 0.2) is 12.7 Å². The number of rotatable bonds is 4. The summed E-state index contributed by atoms with van der Waals surface area (Å²) in [5.74, 6) is 0. The second-order valence-electron chi connectivity index (χ2n) is 3.95. The van der Waals surface area contributed by atoms with Gasteiger partial charge in [-0.15, -0.1) is 6.58 Å². The fraction of sp³-hybridized carbons (Fsp3) is 0.800. The monoisotopic (exact) mass is 169 g/mol. The Balaban J connectivity index is 2.15. The van der Waals surface area contributed by atoms with Gasteiger partial charge in [-0.25, -0.2) is 0 Å². The van der Waals surface area contributed by atoms with Crippen molar-refractivity contribution in [2.75, 3.05) is 19.6 Å². The van der Waals surface area contributed by atoms with Gasteiger partial charge < -0.3 is 10.0 Å². The van der Waals surface area contributed by atoms with Crippen LogP contribution in [0, 0.1) is 0 Å². The van der Waals surface area contributed by atoms with E-state index in [9.17, 15) is 5.11 Å². The van der Waals surface area contributed by atoms with Crippen LogP contribution in [0.5, 0.6) is 0 Å². The van der Waals surface area contributed by atoms with Crippen molar-refractivity contribution < 1.29 is 5.11 Å². The van der Waals surface area contributed by atoms with E-state index in [0.29, 0.717) is 0 Å². The summed E-state index contributed by atoms with van der Waals surface area (Å²) in [5, 5.41) is 9.66. The van der Waals surface area contributed by atoms with Crippen LogP contribution in [-0.2, 0) is 0 Å². The van der Waals surface area contributed by atoms with E-state index in [4.69, 9.17) is 0 Å². The van der Waals surface area contributed by atoms with E-state index in [-0.39, 0.29) is 0 Å². The maximum Gasteiger partial charge on any atom is 0.0758 e. The van der Waals surface area contributed by atoms with Gasteiger partial charge in [0.15, 0.2) is 0 Å². The van der Waals surface area contributed by atoms with Gasteiger partial charge in [0.05, 0.1) is 5.60 Å². The first-order chi connectivity index (χ1) is 5.64. The van der Waals surface area contributed by atoms with Gasteiger partial charge in [0.2, 0.25) is 0 Å². The molecule has 1 unspecified atom stereocenters. The lowest BCUT2D eigenvalue weighted by Crippen LogP contribution is -2.30. The van der Waals surface area contributed by atoms with Crippen LogP contribution in [0.4, 0.5) is 0 Å². The number of allylic oxidation sites excluding steroid dienone is 1. The number of hydrogen-bond acceptors (Lipinski definition) is 2. The van der Waals surface area contributed by atoms with Crippen molar-refractivity contribution in [3.05, 3.63) is 12.7 Å². The fourth-order valence-corrected chi connectivity index (χ4v) is 1.69. The largest absolute Gasteiger partial charge is 0.389 e. The van der Waals surface area contributed by atoms with Gasteiger partial charge in [-0.2, -0.15) is 0 Å². The minimum Gasteiger partial charge on any atom is -0.389 e. The average molecular weight is 169 g/mol. The zero-order chi connectivity index (χ0) is 9.03. The van der Waals surface area contributed by atoms with Crippen molar-refractivity contribution in [1.29, 1.82) is 0 Å². The minimum atomic E-state index is -0.436.